The van der Waals surface area contributed by atoms with Crippen molar-refractivity contribution in [2.24, 2.45) is 0 Å². The Hall–Kier alpha value is -2.11. The lowest BCUT2D eigenvalue weighted by atomic mass is 10.1. The van der Waals surface area contributed by atoms with Crippen LogP contribution in [0.3, 0.4) is 0 Å². The van der Waals surface area contributed by atoms with Gasteiger partial charge in [-0.05, 0) is 37.8 Å². The smallest absolute Gasteiger partial charge is 0.282 e. The summed E-state index contributed by atoms with van der Waals surface area (Å²) >= 11 is 0. The molecule has 1 aromatic rings. The van der Waals surface area contributed by atoms with Gasteiger partial charge in [-0.1, -0.05) is 6.92 Å². The maximum absolute atomic E-state index is 12.5. The Morgan fingerprint density at radius 2 is 2.05 bits per heavy atom. The van der Waals surface area contributed by atoms with Gasteiger partial charge in [0.2, 0.25) is 0 Å². The van der Waals surface area contributed by atoms with E-state index in [9.17, 15) is 14.9 Å². The number of nitro benzene ring substituents is 1. The van der Waals surface area contributed by atoms with Crippen molar-refractivity contribution in [1.82, 2.24) is 4.90 Å². The van der Waals surface area contributed by atoms with Gasteiger partial charge in [0.1, 0.15) is 5.56 Å². The second kappa shape index (κ2) is 7.06. The van der Waals surface area contributed by atoms with Crippen molar-refractivity contribution in [3.8, 4) is 0 Å². The molecule has 0 atom stereocenters. The average molecular weight is 291 g/mol. The lowest BCUT2D eigenvalue weighted by molar-refractivity contribution is -0.385. The van der Waals surface area contributed by atoms with Crippen LogP contribution in [0.2, 0.25) is 0 Å². The second-order valence-electron chi connectivity index (χ2n) is 5.27. The van der Waals surface area contributed by atoms with Crippen molar-refractivity contribution in [3.63, 3.8) is 0 Å². The summed E-state index contributed by atoms with van der Waals surface area (Å²) < 4.78 is 0. The minimum absolute atomic E-state index is 0.118. The summed E-state index contributed by atoms with van der Waals surface area (Å²) in [4.78, 5) is 24.9. The first-order chi connectivity index (χ1) is 10.1. The zero-order valence-corrected chi connectivity index (χ0v) is 12.3. The van der Waals surface area contributed by atoms with Crippen LogP contribution in [0.5, 0.6) is 0 Å². The first-order valence-corrected chi connectivity index (χ1v) is 7.45. The topological polar surface area (TPSA) is 75.5 Å². The van der Waals surface area contributed by atoms with Crippen LogP contribution in [-0.2, 0) is 0 Å². The molecule has 0 radical (unpaired) electrons. The van der Waals surface area contributed by atoms with E-state index in [2.05, 4.69) is 5.32 Å². The van der Waals surface area contributed by atoms with Crippen LogP contribution in [0.4, 0.5) is 11.4 Å². The number of likely N-dealkylation sites (tertiary alicyclic amines) is 1. The Kier molecular flexibility index (Phi) is 5.14. The molecule has 2 rings (SSSR count). The highest BCUT2D eigenvalue weighted by Gasteiger charge is 2.26. The summed E-state index contributed by atoms with van der Waals surface area (Å²) in [6, 6.07) is 4.67. The number of nitrogens with zero attached hydrogens (tertiary/aromatic N) is 2. The predicted octanol–water partition coefficient (Wildman–Crippen LogP) is 3.04. The number of carbonyl (C=O) groups excluding carboxylic acids is 1. The molecule has 1 amide bonds. The fourth-order valence-corrected chi connectivity index (χ4v) is 2.51. The van der Waals surface area contributed by atoms with Crippen LogP contribution < -0.4 is 5.32 Å². The molecular weight excluding hydrogens is 270 g/mol. The molecule has 0 unspecified atom stereocenters. The minimum atomic E-state index is -0.485. The monoisotopic (exact) mass is 291 g/mol. The lowest BCUT2D eigenvalue weighted by Crippen LogP contribution is -2.35. The highest BCUT2D eigenvalue weighted by molar-refractivity contribution is 5.99. The first-order valence-electron chi connectivity index (χ1n) is 7.45. The van der Waals surface area contributed by atoms with Gasteiger partial charge in [0, 0.05) is 31.4 Å². The number of anilines is 1. The summed E-state index contributed by atoms with van der Waals surface area (Å²) in [7, 11) is 0. The summed E-state index contributed by atoms with van der Waals surface area (Å²) in [5.74, 6) is -0.235. The third-order valence-corrected chi connectivity index (χ3v) is 3.65. The van der Waals surface area contributed by atoms with E-state index in [0.29, 0.717) is 13.1 Å². The van der Waals surface area contributed by atoms with Gasteiger partial charge >= 0.3 is 0 Å². The molecule has 0 aromatic heterocycles. The third-order valence-electron chi connectivity index (χ3n) is 3.65. The van der Waals surface area contributed by atoms with E-state index >= 15 is 0 Å². The molecule has 6 heteroatoms. The molecule has 1 aliphatic heterocycles. The first kappa shape index (κ1) is 15.3. The van der Waals surface area contributed by atoms with E-state index in [1.807, 2.05) is 6.92 Å². The maximum Gasteiger partial charge on any atom is 0.282 e. The third kappa shape index (κ3) is 3.71. The quantitative estimate of drug-likeness (QED) is 0.668. The molecule has 1 saturated heterocycles. The van der Waals surface area contributed by atoms with E-state index in [4.69, 9.17) is 0 Å². The number of amides is 1. The Morgan fingerprint density at radius 3 is 2.67 bits per heavy atom. The summed E-state index contributed by atoms with van der Waals surface area (Å²) in [6.07, 6.45) is 4.00. The number of nitro groups is 1. The van der Waals surface area contributed by atoms with E-state index < -0.39 is 4.92 Å². The predicted molar refractivity (Wildman–Crippen MR) is 81.6 cm³/mol. The molecular formula is C15H21N3O3. The molecule has 6 nitrogen and oxygen atoms in total. The standard InChI is InChI=1S/C15H21N3O3/c1-2-8-16-12-6-7-14(18(20)21)13(11-12)15(19)17-9-4-3-5-10-17/h6-7,11,16H,2-5,8-10H2,1H3. The van der Waals surface area contributed by atoms with Gasteiger partial charge in [-0.15, -0.1) is 0 Å². The lowest BCUT2D eigenvalue weighted by Gasteiger charge is -2.26. The number of benzene rings is 1. The van der Waals surface area contributed by atoms with E-state index in [-0.39, 0.29) is 17.2 Å². The highest BCUT2D eigenvalue weighted by atomic mass is 16.6. The molecule has 21 heavy (non-hydrogen) atoms. The maximum atomic E-state index is 12.5. The SMILES string of the molecule is CCCNc1ccc([N+](=O)[O-])c(C(=O)N2CCCCC2)c1. The van der Waals surface area contributed by atoms with Crippen molar-refractivity contribution >= 4 is 17.3 Å². The highest BCUT2D eigenvalue weighted by Crippen LogP contribution is 2.25. The molecule has 114 valence electrons. The van der Waals surface area contributed by atoms with Crippen molar-refractivity contribution in [2.45, 2.75) is 32.6 Å². The number of carbonyl (C=O) groups is 1. The van der Waals surface area contributed by atoms with Crippen molar-refractivity contribution < 1.29 is 9.72 Å². The zero-order valence-electron chi connectivity index (χ0n) is 12.3. The normalized spacial score (nSPS) is 14.8. The Morgan fingerprint density at radius 1 is 1.33 bits per heavy atom. The molecule has 0 saturated carbocycles. The van der Waals surface area contributed by atoms with E-state index in [1.165, 1.54) is 6.07 Å². The zero-order chi connectivity index (χ0) is 15.2. The second-order valence-corrected chi connectivity index (χ2v) is 5.27. The van der Waals surface area contributed by atoms with Crippen LogP contribution in [-0.4, -0.2) is 35.4 Å². The molecule has 0 aliphatic carbocycles. The summed E-state index contributed by atoms with van der Waals surface area (Å²) in [5.41, 5.74) is 0.818. The Balaban J connectivity index is 2.28. The number of rotatable bonds is 5. The van der Waals surface area contributed by atoms with Crippen LogP contribution in [0.25, 0.3) is 0 Å². The van der Waals surface area contributed by atoms with Gasteiger partial charge in [-0.2, -0.15) is 0 Å². The van der Waals surface area contributed by atoms with E-state index in [0.717, 1.165) is 37.9 Å². The molecule has 0 bridgehead atoms. The number of hydrogen-bond donors (Lipinski definition) is 1. The van der Waals surface area contributed by atoms with Gasteiger partial charge in [0.25, 0.3) is 11.6 Å². The van der Waals surface area contributed by atoms with Crippen LogP contribution in [0.1, 0.15) is 43.0 Å². The Labute approximate surface area is 124 Å². The largest absolute Gasteiger partial charge is 0.385 e. The van der Waals surface area contributed by atoms with E-state index in [1.54, 1.807) is 17.0 Å². The van der Waals surface area contributed by atoms with Crippen LogP contribution in [0, 0.1) is 10.1 Å². The van der Waals surface area contributed by atoms with Gasteiger partial charge in [-0.25, -0.2) is 0 Å². The fraction of sp³-hybridized carbons (Fsp3) is 0.533. The molecule has 1 N–H and O–H groups in total. The number of nitrogens with one attached hydrogen (secondary N) is 1. The summed E-state index contributed by atoms with van der Waals surface area (Å²) in [5, 5.41) is 14.3. The van der Waals surface area contributed by atoms with Crippen molar-refractivity contribution in [2.75, 3.05) is 25.0 Å². The molecule has 0 spiro atoms. The minimum Gasteiger partial charge on any atom is -0.385 e. The molecule has 1 aromatic carbocycles. The van der Waals surface area contributed by atoms with Crippen molar-refractivity contribution in [1.29, 1.82) is 0 Å². The number of hydrogen-bond acceptors (Lipinski definition) is 4. The number of piperidine rings is 1. The van der Waals surface area contributed by atoms with Crippen LogP contribution >= 0.6 is 0 Å². The Bertz CT molecular complexity index is 525. The van der Waals surface area contributed by atoms with Gasteiger partial charge in [0.15, 0.2) is 0 Å². The van der Waals surface area contributed by atoms with Crippen molar-refractivity contribution in [3.05, 3.63) is 33.9 Å². The van der Waals surface area contributed by atoms with Gasteiger partial charge < -0.3 is 10.2 Å². The average Bonchev–Trinajstić information content (AvgIpc) is 2.52. The molecule has 1 fully saturated rings. The fourth-order valence-electron chi connectivity index (χ4n) is 2.51. The van der Waals surface area contributed by atoms with Gasteiger partial charge in [0.05, 0.1) is 4.92 Å². The van der Waals surface area contributed by atoms with Crippen LogP contribution in [0.15, 0.2) is 18.2 Å². The molecule has 1 aliphatic rings. The molecule has 1 heterocycles. The van der Waals surface area contributed by atoms with Gasteiger partial charge in [-0.3, -0.25) is 14.9 Å². The summed E-state index contributed by atoms with van der Waals surface area (Å²) in [6.45, 7) is 4.18.